The number of hydrogen-bond acceptors (Lipinski definition) is 2. The maximum Gasteiger partial charge on any atom is 0.204 e. The molecule has 98 valence electrons. The topological polar surface area (TPSA) is 18.5 Å². The zero-order chi connectivity index (χ0) is 13.0. The fourth-order valence-electron chi connectivity index (χ4n) is 2.56. The molecule has 2 nitrogen and oxygen atoms in total. The predicted octanol–water partition coefficient (Wildman–Crippen LogP) is 3.29. The van der Waals surface area contributed by atoms with Crippen molar-refractivity contribution in [1.29, 1.82) is 0 Å². The summed E-state index contributed by atoms with van der Waals surface area (Å²) in [5.74, 6) is 0. The van der Waals surface area contributed by atoms with Crippen molar-refractivity contribution >= 4 is 26.4 Å². The first-order valence-electron chi connectivity index (χ1n) is 6.56. The molecule has 0 atom stereocenters. The van der Waals surface area contributed by atoms with Crippen molar-refractivity contribution in [2.45, 2.75) is 71.2 Å². The molecular weight excluding hydrogens is 248 g/mol. The van der Waals surface area contributed by atoms with Gasteiger partial charge in [-0.15, -0.1) is 0 Å². The predicted molar refractivity (Wildman–Crippen MR) is 80.7 cm³/mol. The summed E-state index contributed by atoms with van der Waals surface area (Å²) < 4.78 is 12.8. The summed E-state index contributed by atoms with van der Waals surface area (Å²) in [5.41, 5.74) is 0. The molecule has 0 aromatic heterocycles. The average Bonchev–Trinajstić information content (AvgIpc) is 2.11. The Morgan fingerprint density at radius 2 is 1.38 bits per heavy atom. The maximum absolute atomic E-state index is 6.40. The molecule has 0 bridgehead atoms. The van der Waals surface area contributed by atoms with E-state index < -0.39 is 26.4 Å². The lowest BCUT2D eigenvalue weighted by atomic mass is 10.2. The van der Waals surface area contributed by atoms with Gasteiger partial charge in [0.25, 0.3) is 0 Å². The molecule has 5 heteroatoms. The Labute approximate surface area is 106 Å². The van der Waals surface area contributed by atoms with Crippen LogP contribution in [0.5, 0.6) is 0 Å². The largest absolute Gasteiger partial charge is 0.456 e. The van der Waals surface area contributed by atoms with Gasteiger partial charge in [-0.05, 0) is 52.1 Å². The summed E-state index contributed by atoms with van der Waals surface area (Å²) >= 11 is 0. The Hall–Kier alpha value is 0.571. The van der Waals surface area contributed by atoms with Crippen LogP contribution >= 0.6 is 0 Å². The third-order valence-electron chi connectivity index (χ3n) is 3.23. The highest BCUT2D eigenvalue weighted by molar-refractivity contribution is 6.80. The summed E-state index contributed by atoms with van der Waals surface area (Å²) in [5, 5.41) is 0.0463. The van der Waals surface area contributed by atoms with Crippen LogP contribution in [-0.4, -0.2) is 31.6 Å². The second kappa shape index (κ2) is 6.49. The van der Waals surface area contributed by atoms with Crippen molar-refractivity contribution in [2.24, 2.45) is 0 Å². The van der Waals surface area contributed by atoms with Crippen LogP contribution in [0.2, 0.25) is 39.3 Å². The Morgan fingerprint density at radius 3 is 1.62 bits per heavy atom. The quantitative estimate of drug-likeness (QED) is 0.665. The van der Waals surface area contributed by atoms with E-state index in [1.807, 2.05) is 0 Å². The van der Waals surface area contributed by atoms with Crippen molar-refractivity contribution in [1.82, 2.24) is 0 Å². The first kappa shape index (κ1) is 16.6. The van der Waals surface area contributed by atoms with Crippen LogP contribution in [0.3, 0.4) is 0 Å². The summed E-state index contributed by atoms with van der Waals surface area (Å²) in [7, 11) is -3.71. The van der Waals surface area contributed by atoms with Gasteiger partial charge in [0.15, 0.2) is 18.1 Å². The molecule has 0 saturated heterocycles. The van der Waals surface area contributed by atoms with Crippen LogP contribution in [0.15, 0.2) is 0 Å². The molecule has 0 N–H and O–H groups in total. The minimum absolute atomic E-state index is 0.0463. The lowest BCUT2D eigenvalue weighted by Gasteiger charge is -2.46. The van der Waals surface area contributed by atoms with E-state index in [0.717, 1.165) is 12.8 Å². The van der Waals surface area contributed by atoms with Crippen molar-refractivity contribution in [3.8, 4) is 0 Å². The summed E-state index contributed by atoms with van der Waals surface area (Å²) in [6, 6.07) is 0. The molecule has 0 rings (SSSR count). The van der Waals surface area contributed by atoms with Gasteiger partial charge in [-0.3, -0.25) is 0 Å². The molecule has 0 unspecified atom stereocenters. The fraction of sp³-hybridized carbons (Fsp3) is 1.00. The summed E-state index contributed by atoms with van der Waals surface area (Å²) in [4.78, 5) is 0. The zero-order valence-corrected chi connectivity index (χ0v) is 15.7. The lowest BCUT2D eigenvalue weighted by Crippen LogP contribution is -2.60. The first-order valence-corrected chi connectivity index (χ1v) is 15.0. The molecule has 0 aliphatic carbocycles. The minimum atomic E-state index is -1.73. The van der Waals surface area contributed by atoms with Gasteiger partial charge in [-0.2, -0.15) is 0 Å². The third-order valence-corrected chi connectivity index (χ3v) is 11.7. The van der Waals surface area contributed by atoms with E-state index in [4.69, 9.17) is 8.54 Å². The summed E-state index contributed by atoms with van der Waals surface area (Å²) in [6.07, 6.45) is 2.18. The molecule has 0 aromatic carbocycles. The molecule has 0 aliphatic rings. The van der Waals surface area contributed by atoms with Gasteiger partial charge < -0.3 is 8.54 Å². The molecule has 0 amide bonds. The van der Waals surface area contributed by atoms with E-state index in [-0.39, 0.29) is 5.22 Å². The second-order valence-corrected chi connectivity index (χ2v) is 14.9. The lowest BCUT2D eigenvalue weighted by molar-refractivity contribution is 0.119. The molecular formula is C11H30O2Si3. The maximum atomic E-state index is 6.40. The van der Waals surface area contributed by atoms with Crippen molar-refractivity contribution in [3.05, 3.63) is 0 Å². The van der Waals surface area contributed by atoms with Gasteiger partial charge in [-0.1, -0.05) is 13.8 Å². The van der Waals surface area contributed by atoms with E-state index in [9.17, 15) is 0 Å². The van der Waals surface area contributed by atoms with Gasteiger partial charge in [0, 0.05) is 0 Å². The highest BCUT2D eigenvalue weighted by Gasteiger charge is 2.47. The number of rotatable bonds is 7. The molecule has 16 heavy (non-hydrogen) atoms. The van der Waals surface area contributed by atoms with E-state index >= 15 is 0 Å². The highest BCUT2D eigenvalue weighted by Crippen LogP contribution is 2.33. The number of hydrogen-bond donors (Lipinski definition) is 0. The fourth-order valence-corrected chi connectivity index (χ4v) is 12.9. The molecule has 0 saturated carbocycles. The summed E-state index contributed by atoms with van der Waals surface area (Å²) in [6.45, 7) is 18.2. The van der Waals surface area contributed by atoms with Gasteiger partial charge in [0.05, 0.1) is 5.22 Å². The van der Waals surface area contributed by atoms with Crippen molar-refractivity contribution < 1.29 is 8.54 Å². The highest BCUT2D eigenvalue weighted by atomic mass is 28.4. The van der Waals surface area contributed by atoms with E-state index in [1.54, 1.807) is 0 Å². The van der Waals surface area contributed by atoms with E-state index in [2.05, 4.69) is 53.1 Å². The van der Waals surface area contributed by atoms with Gasteiger partial charge in [0.2, 0.25) is 8.32 Å². The van der Waals surface area contributed by atoms with E-state index in [1.165, 1.54) is 0 Å². The molecule has 0 heterocycles. The molecule has 0 radical (unpaired) electrons. The Morgan fingerprint density at radius 1 is 0.938 bits per heavy atom. The van der Waals surface area contributed by atoms with E-state index in [0.29, 0.717) is 0 Å². The normalized spacial score (nSPS) is 13.9. The van der Waals surface area contributed by atoms with Crippen LogP contribution in [0.1, 0.15) is 26.7 Å². The van der Waals surface area contributed by atoms with Crippen LogP contribution < -0.4 is 0 Å². The first-order chi connectivity index (χ1) is 7.20. The van der Waals surface area contributed by atoms with Crippen LogP contribution in [0, 0.1) is 0 Å². The van der Waals surface area contributed by atoms with Gasteiger partial charge in [-0.25, -0.2) is 0 Å². The Kier molecular flexibility index (Phi) is 6.72. The second-order valence-electron chi connectivity index (χ2n) is 5.54. The average molecular weight is 279 g/mol. The molecule has 0 aliphatic heterocycles. The molecule has 0 spiro atoms. The SMILES string of the molecule is CCC(CC)(O[SiH](C)C)[Si](C)(C)O[SiH](C)C. The monoisotopic (exact) mass is 278 g/mol. The van der Waals surface area contributed by atoms with Gasteiger partial charge in [0.1, 0.15) is 0 Å². The molecule has 0 fully saturated rings. The van der Waals surface area contributed by atoms with Crippen molar-refractivity contribution in [2.75, 3.05) is 0 Å². The van der Waals surface area contributed by atoms with Crippen molar-refractivity contribution in [3.63, 3.8) is 0 Å². The van der Waals surface area contributed by atoms with Crippen LogP contribution in [0.25, 0.3) is 0 Å². The zero-order valence-electron chi connectivity index (χ0n) is 12.4. The van der Waals surface area contributed by atoms with Gasteiger partial charge >= 0.3 is 0 Å². The smallest absolute Gasteiger partial charge is 0.204 e. The molecule has 0 aromatic rings. The Balaban J connectivity index is 4.99. The van der Waals surface area contributed by atoms with Crippen LogP contribution in [-0.2, 0) is 8.54 Å². The standard InChI is InChI=1S/C11H30O2Si3/c1-9-11(10-2,12-14(3)4)16(7,8)13-15(5)6/h14-15H,9-10H2,1-8H3. The third kappa shape index (κ3) is 4.10. The minimum Gasteiger partial charge on any atom is -0.456 e. The Bertz CT molecular complexity index is 201. The van der Waals surface area contributed by atoms with Crippen LogP contribution in [0.4, 0.5) is 0 Å².